The number of hydrogen-bond acceptors (Lipinski definition) is 3. The van der Waals surface area contributed by atoms with Gasteiger partial charge in [0.05, 0.1) is 0 Å². The van der Waals surface area contributed by atoms with Gasteiger partial charge in [-0.3, -0.25) is 0 Å². The zero-order valence-electron chi connectivity index (χ0n) is 11.0. The minimum atomic E-state index is -0.293. The van der Waals surface area contributed by atoms with E-state index in [0.717, 1.165) is 38.2 Å². The third-order valence-corrected chi connectivity index (χ3v) is 4.37. The summed E-state index contributed by atoms with van der Waals surface area (Å²) >= 11 is 1.87. The summed E-state index contributed by atoms with van der Waals surface area (Å²) in [6.45, 7) is 2.55. The van der Waals surface area contributed by atoms with Crippen molar-refractivity contribution < 1.29 is 4.79 Å². The number of amides is 2. The van der Waals surface area contributed by atoms with Crippen molar-refractivity contribution in [3.8, 4) is 0 Å². The van der Waals surface area contributed by atoms with Crippen LogP contribution in [-0.2, 0) is 0 Å². The van der Waals surface area contributed by atoms with E-state index in [9.17, 15) is 4.79 Å². The average Bonchev–Trinajstić information content (AvgIpc) is 2.45. The second-order valence-electron chi connectivity index (χ2n) is 4.72. The molecule has 1 heterocycles. The molecular weight excluding hydrogens is 258 g/mol. The van der Waals surface area contributed by atoms with E-state index in [1.54, 1.807) is 4.90 Å². The Morgan fingerprint density at radius 3 is 2.63 bits per heavy atom. The Hall–Kier alpha value is -1.20. The van der Waals surface area contributed by atoms with Crippen LogP contribution in [0.3, 0.4) is 0 Å². The predicted octanol–water partition coefficient (Wildman–Crippen LogP) is 1.91. The van der Waals surface area contributed by atoms with E-state index in [1.807, 2.05) is 17.8 Å². The van der Waals surface area contributed by atoms with Crippen LogP contribution in [0.4, 0.5) is 4.79 Å². The van der Waals surface area contributed by atoms with Gasteiger partial charge in [0.15, 0.2) is 0 Å². The summed E-state index contributed by atoms with van der Waals surface area (Å²) in [5.74, 6) is 1.07. The summed E-state index contributed by atoms with van der Waals surface area (Å²) in [6.07, 6.45) is 2.00. The van der Waals surface area contributed by atoms with Crippen LogP contribution in [-0.4, -0.2) is 42.4 Å². The molecule has 4 nitrogen and oxygen atoms in total. The first-order valence-electron chi connectivity index (χ1n) is 6.71. The van der Waals surface area contributed by atoms with Gasteiger partial charge < -0.3 is 16.0 Å². The van der Waals surface area contributed by atoms with Crippen molar-refractivity contribution in [3.05, 3.63) is 30.3 Å². The van der Waals surface area contributed by atoms with Crippen molar-refractivity contribution in [2.75, 3.05) is 25.4 Å². The predicted molar refractivity (Wildman–Crippen MR) is 79.3 cm³/mol. The van der Waals surface area contributed by atoms with Gasteiger partial charge in [0.25, 0.3) is 0 Å². The molecule has 0 spiro atoms. The molecule has 19 heavy (non-hydrogen) atoms. The Bertz CT molecular complexity index is 391. The van der Waals surface area contributed by atoms with Gasteiger partial charge in [0.1, 0.15) is 0 Å². The number of rotatable bonds is 5. The van der Waals surface area contributed by atoms with Crippen LogP contribution in [0.1, 0.15) is 12.8 Å². The molecule has 1 aliphatic heterocycles. The quantitative estimate of drug-likeness (QED) is 0.639. The number of nitrogens with two attached hydrogens (primary N) is 1. The highest BCUT2D eigenvalue weighted by atomic mass is 32.2. The summed E-state index contributed by atoms with van der Waals surface area (Å²) in [6, 6.07) is 10.7. The van der Waals surface area contributed by atoms with E-state index < -0.39 is 0 Å². The van der Waals surface area contributed by atoms with E-state index >= 15 is 0 Å². The summed E-state index contributed by atoms with van der Waals surface area (Å²) in [4.78, 5) is 14.0. The van der Waals surface area contributed by atoms with Gasteiger partial charge in [-0.2, -0.15) is 0 Å². The fourth-order valence-corrected chi connectivity index (χ4v) is 3.06. The standard InChI is InChI=1S/C14H21N3OS/c15-14(18)17-9-6-12(7-10-17)16-8-11-19-13-4-2-1-3-5-13/h1-5,12,16H,6-11H2,(H2,15,18). The lowest BCUT2D eigenvalue weighted by atomic mass is 10.1. The first-order chi connectivity index (χ1) is 9.25. The van der Waals surface area contributed by atoms with Crippen LogP contribution >= 0.6 is 11.8 Å². The minimum absolute atomic E-state index is 0.293. The average molecular weight is 279 g/mol. The van der Waals surface area contributed by atoms with Gasteiger partial charge in [-0.25, -0.2) is 4.79 Å². The minimum Gasteiger partial charge on any atom is -0.351 e. The number of thioether (sulfide) groups is 1. The van der Waals surface area contributed by atoms with Gasteiger partial charge in [-0.15, -0.1) is 11.8 Å². The molecule has 104 valence electrons. The highest BCUT2D eigenvalue weighted by Gasteiger charge is 2.20. The smallest absolute Gasteiger partial charge is 0.314 e. The van der Waals surface area contributed by atoms with Crippen LogP contribution < -0.4 is 11.1 Å². The summed E-state index contributed by atoms with van der Waals surface area (Å²) in [7, 11) is 0. The maximum atomic E-state index is 11.0. The maximum Gasteiger partial charge on any atom is 0.314 e. The third-order valence-electron chi connectivity index (χ3n) is 3.35. The number of urea groups is 1. The van der Waals surface area contributed by atoms with Crippen molar-refractivity contribution in [1.29, 1.82) is 0 Å². The second kappa shape index (κ2) is 7.40. The van der Waals surface area contributed by atoms with E-state index in [-0.39, 0.29) is 6.03 Å². The number of benzene rings is 1. The number of hydrogen-bond donors (Lipinski definition) is 2. The van der Waals surface area contributed by atoms with E-state index in [1.165, 1.54) is 4.90 Å². The fraction of sp³-hybridized carbons (Fsp3) is 0.500. The molecule has 0 atom stereocenters. The Labute approximate surface area is 118 Å². The summed E-state index contributed by atoms with van der Waals surface area (Å²) in [5, 5.41) is 3.55. The first-order valence-corrected chi connectivity index (χ1v) is 7.70. The molecule has 0 bridgehead atoms. The van der Waals surface area contributed by atoms with Crippen LogP contribution in [0.5, 0.6) is 0 Å². The lowest BCUT2D eigenvalue weighted by Crippen LogP contribution is -2.47. The first kappa shape index (κ1) is 14.2. The Kier molecular flexibility index (Phi) is 5.54. The van der Waals surface area contributed by atoms with Gasteiger partial charge in [-0.05, 0) is 25.0 Å². The largest absolute Gasteiger partial charge is 0.351 e. The lowest BCUT2D eigenvalue weighted by molar-refractivity contribution is 0.186. The van der Waals surface area contributed by atoms with E-state index in [4.69, 9.17) is 5.73 Å². The van der Waals surface area contributed by atoms with Gasteiger partial charge in [0, 0.05) is 36.3 Å². The molecule has 0 aromatic heterocycles. The number of piperidine rings is 1. The number of nitrogens with zero attached hydrogens (tertiary/aromatic N) is 1. The zero-order chi connectivity index (χ0) is 13.5. The number of carbonyl (C=O) groups excluding carboxylic acids is 1. The Morgan fingerprint density at radius 2 is 2.00 bits per heavy atom. The number of likely N-dealkylation sites (tertiary alicyclic amines) is 1. The highest BCUT2D eigenvalue weighted by Crippen LogP contribution is 2.16. The van der Waals surface area contributed by atoms with E-state index in [2.05, 4.69) is 29.6 Å². The van der Waals surface area contributed by atoms with Crippen LogP contribution in [0, 0.1) is 0 Å². The molecular formula is C14H21N3OS. The Balaban J connectivity index is 1.58. The SMILES string of the molecule is NC(=O)N1CCC(NCCSc2ccccc2)CC1. The molecule has 1 aromatic rings. The summed E-state index contributed by atoms with van der Waals surface area (Å²) < 4.78 is 0. The second-order valence-corrected chi connectivity index (χ2v) is 5.88. The van der Waals surface area contributed by atoms with Crippen LogP contribution in [0.25, 0.3) is 0 Å². The van der Waals surface area contributed by atoms with Gasteiger partial charge >= 0.3 is 6.03 Å². The van der Waals surface area contributed by atoms with Gasteiger partial charge in [-0.1, -0.05) is 18.2 Å². The number of carbonyl (C=O) groups is 1. The fourth-order valence-electron chi connectivity index (χ4n) is 2.25. The summed E-state index contributed by atoms with van der Waals surface area (Å²) in [5.41, 5.74) is 5.26. The number of nitrogens with one attached hydrogen (secondary N) is 1. The zero-order valence-corrected chi connectivity index (χ0v) is 11.9. The van der Waals surface area contributed by atoms with Crippen molar-refractivity contribution in [3.63, 3.8) is 0 Å². The van der Waals surface area contributed by atoms with Crippen LogP contribution in [0.2, 0.25) is 0 Å². The monoisotopic (exact) mass is 279 g/mol. The van der Waals surface area contributed by atoms with Crippen molar-refractivity contribution in [2.24, 2.45) is 5.73 Å². The molecule has 3 N–H and O–H groups in total. The van der Waals surface area contributed by atoms with Crippen LogP contribution in [0.15, 0.2) is 35.2 Å². The molecule has 2 amide bonds. The van der Waals surface area contributed by atoms with Crippen molar-refractivity contribution >= 4 is 17.8 Å². The third kappa shape index (κ3) is 4.76. The van der Waals surface area contributed by atoms with E-state index in [0.29, 0.717) is 6.04 Å². The molecule has 0 saturated carbocycles. The molecule has 5 heteroatoms. The normalized spacial score (nSPS) is 16.5. The van der Waals surface area contributed by atoms with Crippen molar-refractivity contribution in [1.82, 2.24) is 10.2 Å². The molecule has 2 rings (SSSR count). The highest BCUT2D eigenvalue weighted by molar-refractivity contribution is 7.99. The molecule has 1 fully saturated rings. The molecule has 0 aliphatic carbocycles. The maximum absolute atomic E-state index is 11.0. The molecule has 1 saturated heterocycles. The Morgan fingerprint density at radius 1 is 1.32 bits per heavy atom. The topological polar surface area (TPSA) is 58.4 Å². The molecule has 0 unspecified atom stereocenters. The van der Waals surface area contributed by atoms with Gasteiger partial charge in [0.2, 0.25) is 0 Å². The number of primary amides is 1. The van der Waals surface area contributed by atoms with Crippen molar-refractivity contribution in [2.45, 2.75) is 23.8 Å². The molecule has 0 radical (unpaired) electrons. The molecule has 1 aromatic carbocycles. The lowest BCUT2D eigenvalue weighted by Gasteiger charge is -2.31. The molecule has 1 aliphatic rings.